The van der Waals surface area contributed by atoms with Crippen LogP contribution in [0.2, 0.25) is 0 Å². The Morgan fingerprint density at radius 3 is 2.45 bits per heavy atom. The van der Waals surface area contributed by atoms with Crippen LogP contribution in [0.5, 0.6) is 0 Å². The Hall–Kier alpha value is -1.56. The van der Waals surface area contributed by atoms with E-state index in [1.807, 2.05) is 13.0 Å². The van der Waals surface area contributed by atoms with Crippen LogP contribution in [0.15, 0.2) is 16.6 Å². The molecule has 1 aromatic carbocycles. The summed E-state index contributed by atoms with van der Waals surface area (Å²) in [6.45, 7) is 7.14. The predicted octanol–water partition coefficient (Wildman–Crippen LogP) is 2.44. The lowest BCUT2D eigenvalue weighted by Crippen LogP contribution is -2.39. The van der Waals surface area contributed by atoms with Gasteiger partial charge in [0, 0.05) is 9.89 Å². The van der Waals surface area contributed by atoms with E-state index in [0.717, 1.165) is 10.0 Å². The normalized spacial score (nSPS) is 11.1. The number of halogens is 1. The predicted molar refractivity (Wildman–Crippen MR) is 84.4 cm³/mol. The van der Waals surface area contributed by atoms with Gasteiger partial charge in [-0.1, -0.05) is 36.7 Å². The molecule has 0 aliphatic heterocycles. The molecule has 0 saturated heterocycles. The van der Waals surface area contributed by atoms with Crippen LogP contribution in [0.1, 0.15) is 26.3 Å². The molecule has 0 radical (unpaired) electrons. The first-order valence-corrected chi connectivity index (χ1v) is 7.04. The Kier molecular flexibility index (Phi) is 5.16. The Morgan fingerprint density at radius 1 is 1.30 bits per heavy atom. The molecule has 1 aromatic rings. The first kappa shape index (κ1) is 16.5. The van der Waals surface area contributed by atoms with Crippen molar-refractivity contribution < 1.29 is 9.59 Å². The van der Waals surface area contributed by atoms with Crippen molar-refractivity contribution in [3.8, 4) is 0 Å². The number of hydrogen-bond donors (Lipinski definition) is 3. The van der Waals surface area contributed by atoms with Crippen molar-refractivity contribution in [1.29, 1.82) is 0 Å². The largest absolute Gasteiger partial charge is 0.397 e. The van der Waals surface area contributed by atoms with Gasteiger partial charge in [0.05, 0.1) is 17.9 Å². The fraction of sp³-hybridized carbons (Fsp3) is 0.429. The Labute approximate surface area is 127 Å². The van der Waals surface area contributed by atoms with Crippen LogP contribution in [0.25, 0.3) is 0 Å². The summed E-state index contributed by atoms with van der Waals surface area (Å²) in [5, 5.41) is 5.28. The molecule has 6 heteroatoms. The van der Waals surface area contributed by atoms with Crippen molar-refractivity contribution in [3.63, 3.8) is 0 Å². The highest BCUT2D eigenvalue weighted by Crippen LogP contribution is 2.27. The Balaban J connectivity index is 2.66. The maximum absolute atomic E-state index is 11.8. The average molecular weight is 342 g/mol. The molecule has 5 nitrogen and oxygen atoms in total. The summed E-state index contributed by atoms with van der Waals surface area (Å²) in [5.41, 5.74) is 7.30. The Morgan fingerprint density at radius 2 is 1.90 bits per heavy atom. The monoisotopic (exact) mass is 341 g/mol. The third kappa shape index (κ3) is 4.52. The second-order valence-electron chi connectivity index (χ2n) is 5.66. The molecule has 0 spiro atoms. The molecule has 0 aliphatic rings. The van der Waals surface area contributed by atoms with E-state index in [1.165, 1.54) is 0 Å². The van der Waals surface area contributed by atoms with Gasteiger partial charge in [-0.3, -0.25) is 9.59 Å². The van der Waals surface area contributed by atoms with E-state index in [1.54, 1.807) is 26.8 Å². The van der Waals surface area contributed by atoms with Crippen LogP contribution in [-0.4, -0.2) is 18.4 Å². The van der Waals surface area contributed by atoms with Gasteiger partial charge in [0.25, 0.3) is 0 Å². The molecule has 20 heavy (non-hydrogen) atoms. The molecule has 4 N–H and O–H groups in total. The standard InChI is InChI=1S/C14H20BrN3O2/c1-8-5-9(15)6-10(12(8)16)18-11(19)7-17-13(20)14(2,3)4/h5-6H,7,16H2,1-4H3,(H,17,20)(H,18,19). The van der Waals surface area contributed by atoms with E-state index in [9.17, 15) is 9.59 Å². The van der Waals surface area contributed by atoms with Gasteiger partial charge in [-0.05, 0) is 24.6 Å². The van der Waals surface area contributed by atoms with Gasteiger partial charge in [-0.2, -0.15) is 0 Å². The molecular weight excluding hydrogens is 322 g/mol. The second-order valence-corrected chi connectivity index (χ2v) is 6.58. The van der Waals surface area contributed by atoms with E-state index in [4.69, 9.17) is 5.73 Å². The summed E-state index contributed by atoms with van der Waals surface area (Å²) in [7, 11) is 0. The number of carbonyl (C=O) groups excluding carboxylic acids is 2. The minimum atomic E-state index is -0.522. The first-order valence-electron chi connectivity index (χ1n) is 6.25. The molecule has 0 heterocycles. The maximum atomic E-state index is 11.8. The number of benzene rings is 1. The summed E-state index contributed by atoms with van der Waals surface area (Å²) < 4.78 is 0.832. The minimum absolute atomic E-state index is 0.0822. The van der Waals surface area contributed by atoms with Gasteiger partial charge >= 0.3 is 0 Å². The lowest BCUT2D eigenvalue weighted by Gasteiger charge is -2.17. The zero-order valence-electron chi connectivity index (χ0n) is 12.1. The van der Waals surface area contributed by atoms with Gasteiger partial charge in [-0.25, -0.2) is 0 Å². The van der Waals surface area contributed by atoms with Crippen molar-refractivity contribution in [3.05, 3.63) is 22.2 Å². The van der Waals surface area contributed by atoms with Gasteiger partial charge < -0.3 is 16.4 Å². The van der Waals surface area contributed by atoms with Crippen molar-refractivity contribution in [2.24, 2.45) is 5.41 Å². The molecule has 0 fully saturated rings. The summed E-state index contributed by atoms with van der Waals surface area (Å²) in [4.78, 5) is 23.5. The molecule has 2 amide bonds. The molecule has 0 aromatic heterocycles. The first-order chi connectivity index (χ1) is 9.11. The van der Waals surface area contributed by atoms with Gasteiger partial charge in [0.1, 0.15) is 0 Å². The van der Waals surface area contributed by atoms with E-state index in [0.29, 0.717) is 11.4 Å². The van der Waals surface area contributed by atoms with E-state index >= 15 is 0 Å². The van der Waals surface area contributed by atoms with Crippen molar-refractivity contribution in [1.82, 2.24) is 5.32 Å². The third-order valence-corrected chi connectivity index (χ3v) is 3.17. The van der Waals surface area contributed by atoms with Crippen LogP contribution in [0, 0.1) is 12.3 Å². The lowest BCUT2D eigenvalue weighted by atomic mass is 9.96. The Bertz CT molecular complexity index is 536. The number of anilines is 2. The van der Waals surface area contributed by atoms with Crippen LogP contribution in [0.4, 0.5) is 11.4 Å². The van der Waals surface area contributed by atoms with Crippen LogP contribution >= 0.6 is 15.9 Å². The highest BCUT2D eigenvalue weighted by atomic mass is 79.9. The van der Waals surface area contributed by atoms with Gasteiger partial charge in [-0.15, -0.1) is 0 Å². The summed E-state index contributed by atoms with van der Waals surface area (Å²) in [6, 6.07) is 3.60. The van der Waals surface area contributed by atoms with Crippen LogP contribution in [0.3, 0.4) is 0 Å². The molecule has 0 atom stereocenters. The fourth-order valence-electron chi connectivity index (χ4n) is 1.48. The smallest absolute Gasteiger partial charge is 0.243 e. The summed E-state index contributed by atoms with van der Waals surface area (Å²) in [6.07, 6.45) is 0. The highest BCUT2D eigenvalue weighted by Gasteiger charge is 2.21. The summed E-state index contributed by atoms with van der Waals surface area (Å²) >= 11 is 3.35. The number of aryl methyl sites for hydroxylation is 1. The molecule has 110 valence electrons. The minimum Gasteiger partial charge on any atom is -0.397 e. The van der Waals surface area contributed by atoms with Gasteiger partial charge in [0.2, 0.25) is 11.8 Å². The maximum Gasteiger partial charge on any atom is 0.243 e. The molecule has 0 saturated carbocycles. The van der Waals surface area contributed by atoms with E-state index in [-0.39, 0.29) is 18.4 Å². The number of nitrogens with one attached hydrogen (secondary N) is 2. The van der Waals surface area contributed by atoms with Crippen molar-refractivity contribution in [2.75, 3.05) is 17.6 Å². The number of rotatable bonds is 3. The average Bonchev–Trinajstić information content (AvgIpc) is 2.31. The van der Waals surface area contributed by atoms with Gasteiger partial charge in [0.15, 0.2) is 0 Å². The molecule has 0 bridgehead atoms. The number of nitrogen functional groups attached to an aromatic ring is 1. The third-order valence-electron chi connectivity index (χ3n) is 2.72. The SMILES string of the molecule is Cc1cc(Br)cc(NC(=O)CNC(=O)C(C)(C)C)c1N. The van der Waals surface area contributed by atoms with E-state index in [2.05, 4.69) is 26.6 Å². The number of hydrogen-bond acceptors (Lipinski definition) is 3. The van der Waals surface area contributed by atoms with Crippen molar-refractivity contribution in [2.45, 2.75) is 27.7 Å². The molecule has 0 unspecified atom stereocenters. The zero-order chi connectivity index (χ0) is 15.5. The summed E-state index contributed by atoms with van der Waals surface area (Å²) in [5.74, 6) is -0.488. The fourth-order valence-corrected chi connectivity index (χ4v) is 2.05. The van der Waals surface area contributed by atoms with Crippen LogP contribution < -0.4 is 16.4 Å². The quantitative estimate of drug-likeness (QED) is 0.738. The van der Waals surface area contributed by atoms with Crippen LogP contribution in [-0.2, 0) is 9.59 Å². The van der Waals surface area contributed by atoms with E-state index < -0.39 is 5.41 Å². The zero-order valence-corrected chi connectivity index (χ0v) is 13.7. The lowest BCUT2D eigenvalue weighted by molar-refractivity contribution is -0.130. The topological polar surface area (TPSA) is 84.2 Å². The number of amides is 2. The molecule has 0 aliphatic carbocycles. The molecular formula is C14H20BrN3O2. The van der Waals surface area contributed by atoms with Crippen molar-refractivity contribution >= 4 is 39.1 Å². The number of nitrogens with two attached hydrogens (primary N) is 1. The molecule has 1 rings (SSSR count). The second kappa shape index (κ2) is 6.26. The number of carbonyl (C=O) groups is 2. The highest BCUT2D eigenvalue weighted by molar-refractivity contribution is 9.10.